The highest BCUT2D eigenvalue weighted by atomic mass is 16.6. The van der Waals surface area contributed by atoms with Crippen LogP contribution >= 0.6 is 0 Å². The molecule has 0 radical (unpaired) electrons. The molecule has 0 heterocycles. The molecule has 0 aromatic heterocycles. The quantitative estimate of drug-likeness (QED) is 0.00518. The van der Waals surface area contributed by atoms with Crippen LogP contribution in [0.1, 0.15) is 118 Å². The number of carbonyl (C=O) groups is 6. The van der Waals surface area contributed by atoms with Crippen LogP contribution in [0.3, 0.4) is 0 Å². The number of carbonyl (C=O) groups excluding carboxylic acids is 6. The number of nitrogens with zero attached hydrogens (tertiary/aromatic N) is 3. The lowest BCUT2D eigenvalue weighted by Crippen LogP contribution is -2.19. The summed E-state index contributed by atoms with van der Waals surface area (Å²) in [5.41, 5.74) is 0.517. The van der Waals surface area contributed by atoms with E-state index < -0.39 is 40.7 Å². The Morgan fingerprint density at radius 3 is 1.19 bits per heavy atom. The van der Waals surface area contributed by atoms with E-state index in [1.807, 2.05) is 0 Å². The van der Waals surface area contributed by atoms with Gasteiger partial charge in [-0.2, -0.15) is 10.2 Å². The van der Waals surface area contributed by atoms with Gasteiger partial charge in [-0.05, 0) is 153 Å². The minimum absolute atomic E-state index is 0.0537. The van der Waals surface area contributed by atoms with E-state index in [9.17, 15) is 38.9 Å². The second-order valence-electron chi connectivity index (χ2n) is 18.5. The minimum Gasteiger partial charge on any atom is -0.494 e. The van der Waals surface area contributed by atoms with Crippen LogP contribution in [0.2, 0.25) is 0 Å². The molecular weight excluding hydrogens is 1080 g/mol. The summed E-state index contributed by atoms with van der Waals surface area (Å²) in [6.45, 7) is 8.12. The van der Waals surface area contributed by atoms with Crippen LogP contribution < -0.4 is 28.4 Å². The number of hydrogen-bond acceptors (Lipinski definition) is 19. The fourth-order valence-corrected chi connectivity index (χ4v) is 7.78. The first-order chi connectivity index (χ1) is 40.9. The van der Waals surface area contributed by atoms with Gasteiger partial charge in [0, 0.05) is 24.3 Å². The third-order valence-electron chi connectivity index (χ3n) is 12.3. The number of esters is 6. The molecule has 0 bridgehead atoms. The van der Waals surface area contributed by atoms with Crippen molar-refractivity contribution < 1.29 is 76.3 Å². The van der Waals surface area contributed by atoms with Gasteiger partial charge in [0.15, 0.2) is 0 Å². The molecule has 0 N–H and O–H groups in total. The summed E-state index contributed by atoms with van der Waals surface area (Å²) in [7, 11) is 0. The second kappa shape index (κ2) is 35.0. The first-order valence-electron chi connectivity index (χ1n) is 27.4. The molecule has 84 heavy (non-hydrogen) atoms. The standard InChI is InChI=1S/C64H65N3O17/c1-3-59(68)79-41-15-11-7-5-9-13-39-76-51-26-32-55(33-27-51)83-62(71)47-19-38-57(64(73)84-56-36-28-52(29-37-56)77-40-14-10-6-8-12-16-42-80-60(69)4-2)58(45-47)63(72)81-44-43-78-53-30-34-54(35-31-53)82-61(70)46-17-20-48(21-18-46)65-66-49-22-24-50(25-23-49)67(74)75/h3-4,17-38,45H,1-2,5-16,39-44H2. The van der Waals surface area contributed by atoms with Crippen LogP contribution in [0, 0.1) is 10.1 Å². The highest BCUT2D eigenvalue weighted by Gasteiger charge is 2.24. The summed E-state index contributed by atoms with van der Waals surface area (Å²) in [5.74, 6) is -2.01. The molecule has 0 spiro atoms. The van der Waals surface area contributed by atoms with Crippen molar-refractivity contribution in [3.8, 4) is 34.5 Å². The topological polar surface area (TPSA) is 253 Å². The zero-order valence-electron chi connectivity index (χ0n) is 46.4. The first kappa shape index (κ1) is 63.2. The SMILES string of the molecule is C=CC(=O)OCCCCCCCCOc1ccc(OC(=O)c2ccc(C(=O)Oc3ccc(OCCCCCCCCOC(=O)C=C)cc3)c(C(=O)OCCOc3ccc(OC(=O)c4ccc(N=Nc5ccc([N+](=O)[O-])cc5)cc4)cc3)c2)cc1. The van der Waals surface area contributed by atoms with Gasteiger partial charge >= 0.3 is 35.8 Å². The van der Waals surface area contributed by atoms with E-state index in [1.54, 1.807) is 72.8 Å². The molecular formula is C64H65N3O17. The number of nitro groups is 1. The van der Waals surface area contributed by atoms with Crippen LogP contribution in [0.15, 0.2) is 175 Å². The van der Waals surface area contributed by atoms with Gasteiger partial charge in [0.1, 0.15) is 47.7 Å². The first-order valence-corrected chi connectivity index (χ1v) is 27.4. The summed E-state index contributed by atoms with van der Waals surface area (Å²) in [5, 5.41) is 19.1. The molecule has 0 amide bonds. The Morgan fingerprint density at radius 2 is 0.750 bits per heavy atom. The van der Waals surface area contributed by atoms with Gasteiger partial charge in [-0.25, -0.2) is 28.8 Å². The molecule has 0 unspecified atom stereocenters. The smallest absolute Gasteiger partial charge is 0.344 e. The van der Waals surface area contributed by atoms with E-state index in [-0.39, 0.29) is 58.4 Å². The fraction of sp³-hybridized carbons (Fsp3) is 0.281. The number of benzene rings is 6. The monoisotopic (exact) mass is 1150 g/mol. The van der Waals surface area contributed by atoms with Gasteiger partial charge in [0.2, 0.25) is 0 Å². The van der Waals surface area contributed by atoms with Gasteiger partial charge in [-0.3, -0.25) is 10.1 Å². The number of ether oxygens (including phenoxy) is 9. The summed E-state index contributed by atoms with van der Waals surface area (Å²) in [4.78, 5) is 86.5. The van der Waals surface area contributed by atoms with Gasteiger partial charge in [-0.15, -0.1) is 0 Å². The molecule has 6 aromatic rings. The van der Waals surface area contributed by atoms with Crippen LogP contribution in [-0.2, 0) is 23.8 Å². The maximum atomic E-state index is 13.8. The molecule has 6 aromatic carbocycles. The Balaban J connectivity index is 0.994. The van der Waals surface area contributed by atoms with Crippen molar-refractivity contribution in [1.29, 1.82) is 0 Å². The van der Waals surface area contributed by atoms with E-state index in [1.165, 1.54) is 66.7 Å². The average molecular weight is 1150 g/mol. The Morgan fingerprint density at radius 1 is 0.381 bits per heavy atom. The van der Waals surface area contributed by atoms with Crippen molar-refractivity contribution in [2.75, 3.05) is 39.6 Å². The van der Waals surface area contributed by atoms with E-state index in [0.29, 0.717) is 55.1 Å². The molecule has 438 valence electrons. The largest absolute Gasteiger partial charge is 0.494 e. The van der Waals surface area contributed by atoms with Crippen molar-refractivity contribution in [1.82, 2.24) is 0 Å². The number of azo groups is 1. The molecule has 0 atom stereocenters. The zero-order chi connectivity index (χ0) is 59.7. The van der Waals surface area contributed by atoms with E-state index in [4.69, 9.17) is 42.6 Å². The van der Waals surface area contributed by atoms with Crippen LogP contribution in [0.5, 0.6) is 34.5 Å². The van der Waals surface area contributed by atoms with E-state index >= 15 is 0 Å². The van der Waals surface area contributed by atoms with E-state index in [2.05, 4.69) is 23.4 Å². The Kier molecular flexibility index (Phi) is 26.3. The second-order valence-corrected chi connectivity index (χ2v) is 18.5. The lowest BCUT2D eigenvalue weighted by atomic mass is 10.0. The van der Waals surface area contributed by atoms with Crippen molar-refractivity contribution >= 4 is 52.9 Å². The molecule has 0 saturated carbocycles. The lowest BCUT2D eigenvalue weighted by molar-refractivity contribution is -0.384. The van der Waals surface area contributed by atoms with Gasteiger partial charge < -0.3 is 42.6 Å². The molecule has 0 fully saturated rings. The van der Waals surface area contributed by atoms with Crippen LogP contribution in [0.25, 0.3) is 0 Å². The van der Waals surface area contributed by atoms with E-state index in [0.717, 1.165) is 89.2 Å². The highest BCUT2D eigenvalue weighted by molar-refractivity contribution is 6.06. The van der Waals surface area contributed by atoms with Crippen molar-refractivity contribution in [2.45, 2.75) is 77.0 Å². The fourth-order valence-electron chi connectivity index (χ4n) is 7.78. The molecule has 0 saturated heterocycles. The minimum atomic E-state index is -0.950. The summed E-state index contributed by atoms with van der Waals surface area (Å²) < 4.78 is 49.8. The van der Waals surface area contributed by atoms with Gasteiger partial charge in [0.25, 0.3) is 5.69 Å². The lowest BCUT2D eigenvalue weighted by Gasteiger charge is -2.13. The predicted octanol–water partition coefficient (Wildman–Crippen LogP) is 13.8. The number of unbranched alkanes of at least 4 members (excludes halogenated alkanes) is 10. The van der Waals surface area contributed by atoms with Crippen molar-refractivity contribution in [2.24, 2.45) is 10.2 Å². The Labute approximate surface area is 486 Å². The third kappa shape index (κ3) is 22.5. The summed E-state index contributed by atoms with van der Waals surface area (Å²) >= 11 is 0. The van der Waals surface area contributed by atoms with Crippen molar-refractivity contribution in [3.05, 3.63) is 197 Å². The molecule has 6 rings (SSSR count). The molecule has 0 aliphatic heterocycles. The number of non-ortho nitro benzene ring substituents is 1. The summed E-state index contributed by atoms with van der Waals surface area (Å²) in [6, 6.07) is 34.6. The maximum Gasteiger partial charge on any atom is 0.344 e. The number of nitro benzene ring substituents is 1. The molecule has 20 heteroatoms. The highest BCUT2D eigenvalue weighted by Crippen LogP contribution is 2.26. The Hall–Kier alpha value is -9.98. The normalized spacial score (nSPS) is 10.7. The Bertz CT molecular complexity index is 3160. The zero-order valence-corrected chi connectivity index (χ0v) is 46.4. The van der Waals surface area contributed by atoms with Gasteiger partial charge in [-0.1, -0.05) is 64.5 Å². The average Bonchev–Trinajstić information content (AvgIpc) is 3.72. The third-order valence-corrected chi connectivity index (χ3v) is 12.3. The molecule has 0 aliphatic carbocycles. The van der Waals surface area contributed by atoms with Crippen LogP contribution in [0.4, 0.5) is 17.1 Å². The predicted molar refractivity (Wildman–Crippen MR) is 309 cm³/mol. The number of hydrogen-bond donors (Lipinski definition) is 0. The molecule has 20 nitrogen and oxygen atoms in total. The van der Waals surface area contributed by atoms with Crippen molar-refractivity contribution in [3.63, 3.8) is 0 Å². The maximum absolute atomic E-state index is 13.8. The molecule has 0 aliphatic rings. The number of rotatable bonds is 36. The summed E-state index contributed by atoms with van der Waals surface area (Å²) in [6.07, 6.45) is 13.5. The van der Waals surface area contributed by atoms with Crippen LogP contribution in [-0.4, -0.2) is 80.4 Å². The van der Waals surface area contributed by atoms with Gasteiger partial charge in [0.05, 0.1) is 65.0 Å².